The summed E-state index contributed by atoms with van der Waals surface area (Å²) in [5.74, 6) is -0.355. The van der Waals surface area contributed by atoms with Crippen LogP contribution in [0.5, 0.6) is 0 Å². The highest BCUT2D eigenvalue weighted by Gasteiger charge is 2.18. The number of ether oxygens (including phenoxy) is 1. The van der Waals surface area contributed by atoms with Crippen molar-refractivity contribution in [2.45, 2.75) is 13.8 Å². The second-order valence-electron chi connectivity index (χ2n) is 3.79. The van der Waals surface area contributed by atoms with Gasteiger partial charge >= 0.3 is 5.97 Å². The van der Waals surface area contributed by atoms with Gasteiger partial charge in [-0.1, -0.05) is 0 Å². The van der Waals surface area contributed by atoms with Crippen molar-refractivity contribution in [3.63, 3.8) is 0 Å². The van der Waals surface area contributed by atoms with E-state index in [-0.39, 0.29) is 29.5 Å². The van der Waals surface area contributed by atoms with Gasteiger partial charge in [-0.25, -0.2) is 9.78 Å². The molecule has 19 heavy (non-hydrogen) atoms. The second-order valence-corrected chi connectivity index (χ2v) is 3.79. The van der Waals surface area contributed by atoms with Crippen molar-refractivity contribution >= 4 is 11.8 Å². The Hall–Kier alpha value is -2.64. The van der Waals surface area contributed by atoms with Crippen LogP contribution in [0.3, 0.4) is 0 Å². The standard InChI is InChI=1S/C11H13N5O3/c1-3-19-10(18)7-5-13-16(9(7)12)11-14-6(2)4-8(17)15-11/h4-5H,3,12H2,1-2H3,(H,14,15,17). The summed E-state index contributed by atoms with van der Waals surface area (Å²) in [6, 6.07) is 1.34. The zero-order valence-electron chi connectivity index (χ0n) is 10.5. The van der Waals surface area contributed by atoms with Gasteiger partial charge in [-0.05, 0) is 13.8 Å². The minimum absolute atomic E-state index is 0.0622. The number of anilines is 1. The van der Waals surface area contributed by atoms with Crippen molar-refractivity contribution in [3.05, 3.63) is 33.9 Å². The molecule has 100 valence electrons. The Bertz CT molecular complexity index is 673. The van der Waals surface area contributed by atoms with E-state index in [9.17, 15) is 9.59 Å². The molecule has 0 saturated heterocycles. The third-order valence-electron chi connectivity index (χ3n) is 2.36. The van der Waals surface area contributed by atoms with E-state index in [1.165, 1.54) is 16.9 Å². The summed E-state index contributed by atoms with van der Waals surface area (Å²) < 4.78 is 6.02. The predicted molar refractivity (Wildman–Crippen MR) is 67.1 cm³/mol. The smallest absolute Gasteiger partial charge is 0.343 e. The Morgan fingerprint density at radius 3 is 2.95 bits per heavy atom. The fourth-order valence-electron chi connectivity index (χ4n) is 1.56. The Balaban J connectivity index is 2.47. The zero-order chi connectivity index (χ0) is 14.0. The molecule has 0 atom stereocenters. The fourth-order valence-corrected chi connectivity index (χ4v) is 1.56. The number of H-pyrrole nitrogens is 1. The molecule has 8 heteroatoms. The average molecular weight is 263 g/mol. The lowest BCUT2D eigenvalue weighted by molar-refractivity contribution is 0.0527. The van der Waals surface area contributed by atoms with Crippen molar-refractivity contribution in [2.75, 3.05) is 12.3 Å². The van der Waals surface area contributed by atoms with E-state index < -0.39 is 5.97 Å². The Morgan fingerprint density at radius 1 is 1.58 bits per heavy atom. The Morgan fingerprint density at radius 2 is 2.32 bits per heavy atom. The molecule has 0 bridgehead atoms. The molecule has 2 rings (SSSR count). The monoisotopic (exact) mass is 263 g/mol. The van der Waals surface area contributed by atoms with Crippen LogP contribution in [0.1, 0.15) is 23.0 Å². The predicted octanol–water partition coefficient (Wildman–Crippen LogP) is 0.0229. The molecule has 0 unspecified atom stereocenters. The number of rotatable bonds is 3. The molecule has 2 heterocycles. The number of nitrogens with two attached hydrogens (primary N) is 1. The summed E-state index contributed by atoms with van der Waals surface area (Å²) in [7, 11) is 0. The third kappa shape index (κ3) is 2.46. The van der Waals surface area contributed by atoms with Crippen molar-refractivity contribution in [1.29, 1.82) is 0 Å². The van der Waals surface area contributed by atoms with Gasteiger partial charge in [0.25, 0.3) is 5.56 Å². The van der Waals surface area contributed by atoms with Crippen LogP contribution >= 0.6 is 0 Å². The molecule has 0 spiro atoms. The molecular weight excluding hydrogens is 250 g/mol. The SMILES string of the molecule is CCOC(=O)c1cnn(-c2nc(C)cc(=O)[nH]2)c1N. The topological polar surface area (TPSA) is 116 Å². The lowest BCUT2D eigenvalue weighted by atomic mass is 10.3. The van der Waals surface area contributed by atoms with Gasteiger partial charge in [0, 0.05) is 11.8 Å². The zero-order valence-corrected chi connectivity index (χ0v) is 10.5. The van der Waals surface area contributed by atoms with Crippen LogP contribution in [0, 0.1) is 6.92 Å². The van der Waals surface area contributed by atoms with Gasteiger partial charge in [-0.3, -0.25) is 9.78 Å². The molecule has 3 N–H and O–H groups in total. The molecule has 8 nitrogen and oxygen atoms in total. The first-order valence-electron chi connectivity index (χ1n) is 5.62. The van der Waals surface area contributed by atoms with Gasteiger partial charge in [0.2, 0.25) is 5.95 Å². The van der Waals surface area contributed by atoms with Gasteiger partial charge in [-0.15, -0.1) is 0 Å². The van der Waals surface area contributed by atoms with Gasteiger partial charge in [-0.2, -0.15) is 9.78 Å². The molecule has 0 aliphatic rings. The molecule has 0 radical (unpaired) electrons. The maximum atomic E-state index is 11.6. The normalized spacial score (nSPS) is 10.4. The number of nitrogens with zero attached hydrogens (tertiary/aromatic N) is 3. The van der Waals surface area contributed by atoms with Gasteiger partial charge in [0.05, 0.1) is 12.8 Å². The van der Waals surface area contributed by atoms with Crippen LogP contribution in [-0.2, 0) is 4.74 Å². The van der Waals surface area contributed by atoms with Crippen LogP contribution in [0.4, 0.5) is 5.82 Å². The van der Waals surface area contributed by atoms with E-state index in [2.05, 4.69) is 15.1 Å². The highest BCUT2D eigenvalue weighted by atomic mass is 16.5. The lowest BCUT2D eigenvalue weighted by Gasteiger charge is -2.04. The number of aromatic amines is 1. The van der Waals surface area contributed by atoms with E-state index >= 15 is 0 Å². The molecule has 0 aliphatic heterocycles. The molecule has 0 amide bonds. The van der Waals surface area contributed by atoms with Crippen LogP contribution in [0.15, 0.2) is 17.1 Å². The van der Waals surface area contributed by atoms with Gasteiger partial charge in [0.1, 0.15) is 11.4 Å². The van der Waals surface area contributed by atoms with Crippen molar-refractivity contribution < 1.29 is 9.53 Å². The number of hydrogen-bond donors (Lipinski definition) is 2. The van der Waals surface area contributed by atoms with Crippen LogP contribution < -0.4 is 11.3 Å². The molecule has 0 aromatic carbocycles. The van der Waals surface area contributed by atoms with Gasteiger partial charge < -0.3 is 10.5 Å². The van der Waals surface area contributed by atoms with Crippen molar-refractivity contribution in [1.82, 2.24) is 19.7 Å². The van der Waals surface area contributed by atoms with Crippen molar-refractivity contribution in [2.24, 2.45) is 0 Å². The Kier molecular flexibility index (Phi) is 3.32. The quantitative estimate of drug-likeness (QED) is 0.754. The van der Waals surface area contributed by atoms with Crippen molar-refractivity contribution in [3.8, 4) is 5.95 Å². The molecule has 0 saturated carbocycles. The Labute approximate surface area is 108 Å². The number of nitrogen functional groups attached to an aromatic ring is 1. The van der Waals surface area contributed by atoms with E-state index in [1.807, 2.05) is 0 Å². The third-order valence-corrected chi connectivity index (χ3v) is 2.36. The first-order valence-corrected chi connectivity index (χ1v) is 5.62. The largest absolute Gasteiger partial charge is 0.462 e. The second kappa shape index (κ2) is 4.92. The molecule has 0 aliphatic carbocycles. The molecule has 2 aromatic heterocycles. The number of carbonyl (C=O) groups is 1. The fraction of sp³-hybridized carbons (Fsp3) is 0.273. The minimum atomic E-state index is -0.568. The summed E-state index contributed by atoms with van der Waals surface area (Å²) in [6.07, 6.45) is 1.27. The maximum Gasteiger partial charge on any atom is 0.343 e. The number of carbonyl (C=O) groups excluding carboxylic acids is 1. The number of nitrogens with one attached hydrogen (secondary N) is 1. The first kappa shape index (κ1) is 12.8. The first-order chi connectivity index (χ1) is 9.02. The molecule has 0 fully saturated rings. The van der Waals surface area contributed by atoms with Crippen LogP contribution in [0.25, 0.3) is 5.95 Å². The maximum absolute atomic E-state index is 11.6. The number of aromatic nitrogens is 4. The highest BCUT2D eigenvalue weighted by molar-refractivity contribution is 5.94. The number of esters is 1. The van der Waals surface area contributed by atoms with Crippen LogP contribution in [0.2, 0.25) is 0 Å². The summed E-state index contributed by atoms with van der Waals surface area (Å²) in [6.45, 7) is 3.60. The highest BCUT2D eigenvalue weighted by Crippen LogP contribution is 2.15. The van der Waals surface area contributed by atoms with E-state index in [0.29, 0.717) is 5.69 Å². The average Bonchev–Trinajstić information content (AvgIpc) is 2.70. The van der Waals surface area contributed by atoms with E-state index in [4.69, 9.17) is 10.5 Å². The van der Waals surface area contributed by atoms with E-state index in [1.54, 1.807) is 13.8 Å². The lowest BCUT2D eigenvalue weighted by Crippen LogP contribution is -2.16. The number of hydrogen-bond acceptors (Lipinski definition) is 6. The summed E-state index contributed by atoms with van der Waals surface area (Å²) in [4.78, 5) is 29.6. The van der Waals surface area contributed by atoms with Crippen LogP contribution in [-0.4, -0.2) is 32.3 Å². The summed E-state index contributed by atoms with van der Waals surface area (Å²) in [5, 5.41) is 3.93. The number of aryl methyl sites for hydroxylation is 1. The molecular formula is C11H13N5O3. The summed E-state index contributed by atoms with van der Waals surface area (Å²) >= 11 is 0. The summed E-state index contributed by atoms with van der Waals surface area (Å²) in [5.41, 5.74) is 6.13. The minimum Gasteiger partial charge on any atom is -0.462 e. The van der Waals surface area contributed by atoms with E-state index in [0.717, 1.165) is 0 Å². The van der Waals surface area contributed by atoms with Gasteiger partial charge in [0.15, 0.2) is 0 Å². The molecule has 2 aromatic rings.